The van der Waals surface area contributed by atoms with E-state index >= 15 is 0 Å². The third-order valence-electron chi connectivity index (χ3n) is 8.05. The van der Waals surface area contributed by atoms with Crippen molar-refractivity contribution < 1.29 is 34.3 Å². The molecule has 0 aliphatic rings. The van der Waals surface area contributed by atoms with Gasteiger partial charge in [0.1, 0.15) is 35.3 Å². The highest BCUT2D eigenvalue weighted by atomic mass is 16.5. The van der Waals surface area contributed by atoms with Crippen LogP contribution in [0.5, 0.6) is 23.0 Å². The van der Waals surface area contributed by atoms with Crippen LogP contribution < -0.4 is 24.8 Å². The Balaban J connectivity index is 1.18. The Morgan fingerprint density at radius 1 is 0.915 bits per heavy atom. The van der Waals surface area contributed by atoms with Gasteiger partial charge in [-0.1, -0.05) is 42.5 Å². The van der Waals surface area contributed by atoms with Gasteiger partial charge in [-0.15, -0.1) is 0 Å². The zero-order chi connectivity index (χ0) is 33.3. The molecule has 0 fully saturated rings. The van der Waals surface area contributed by atoms with Crippen LogP contribution >= 0.6 is 0 Å². The lowest BCUT2D eigenvalue weighted by molar-refractivity contribution is 0.0946. The first-order chi connectivity index (χ1) is 22.8. The molecule has 5 rings (SSSR count). The number of hydrogen-bond acceptors (Lipinski definition) is 8. The molecule has 0 aliphatic carbocycles. The fourth-order valence-electron chi connectivity index (χ4n) is 5.45. The molecule has 0 spiro atoms. The van der Waals surface area contributed by atoms with Gasteiger partial charge in [-0.3, -0.25) is 4.79 Å². The lowest BCUT2D eigenvalue weighted by atomic mass is 10.0. The van der Waals surface area contributed by atoms with E-state index in [1.165, 1.54) is 6.07 Å². The zero-order valence-corrected chi connectivity index (χ0v) is 26.7. The standard InChI is InChI=1S/C37H41N3O7/c1-23(38-20-34(43)26-10-12-33(42)28(15-26)21-41)13-25-9-11-31-27(14-25)16-32(40-31)37(44)39-19-30-35(45-2)17-29(18-36(30)46-3)47-22-24-7-5-4-6-8-24/h4-12,14-18,23,34,38,40-43H,13,19-22H2,1-3H3,(H,39,44)/t23-,34+/m1/s1. The summed E-state index contributed by atoms with van der Waals surface area (Å²) in [5, 5.41) is 37.0. The highest BCUT2D eigenvalue weighted by Gasteiger charge is 2.17. The van der Waals surface area contributed by atoms with Crippen molar-refractivity contribution in [3.05, 3.63) is 118 Å². The van der Waals surface area contributed by atoms with Crippen molar-refractivity contribution in [2.75, 3.05) is 20.8 Å². The molecule has 2 atom stereocenters. The summed E-state index contributed by atoms with van der Waals surface area (Å²) in [6.07, 6.45) is -0.0836. The van der Waals surface area contributed by atoms with Crippen molar-refractivity contribution in [3.8, 4) is 23.0 Å². The summed E-state index contributed by atoms with van der Waals surface area (Å²) in [7, 11) is 3.14. The maximum absolute atomic E-state index is 13.2. The molecule has 0 unspecified atom stereocenters. The number of aliphatic hydroxyl groups excluding tert-OH is 2. The fourth-order valence-corrected chi connectivity index (χ4v) is 5.45. The summed E-state index contributed by atoms with van der Waals surface area (Å²) in [5.74, 6) is 1.42. The van der Waals surface area contributed by atoms with Crippen LogP contribution in [0.1, 0.15) is 51.3 Å². The highest BCUT2D eigenvalue weighted by molar-refractivity contribution is 5.98. The minimum Gasteiger partial charge on any atom is -0.508 e. The normalized spacial score (nSPS) is 12.4. The van der Waals surface area contributed by atoms with Crippen LogP contribution in [0.3, 0.4) is 0 Å². The van der Waals surface area contributed by atoms with Crippen LogP contribution in [0.4, 0.5) is 0 Å². The SMILES string of the molecule is COc1cc(OCc2ccccc2)cc(OC)c1CNC(=O)c1cc2cc(C[C@@H](C)NC[C@H](O)c3ccc(O)c(CO)c3)ccc2[nH]1. The van der Waals surface area contributed by atoms with Gasteiger partial charge in [0, 0.05) is 41.2 Å². The molecule has 1 heterocycles. The number of aliphatic hydroxyl groups is 2. The lowest BCUT2D eigenvalue weighted by Gasteiger charge is -2.18. The van der Waals surface area contributed by atoms with Crippen LogP contribution in [-0.2, 0) is 26.2 Å². The summed E-state index contributed by atoms with van der Waals surface area (Å²) in [5.41, 5.74) is 5.08. The first-order valence-electron chi connectivity index (χ1n) is 15.4. The molecule has 0 saturated carbocycles. The van der Waals surface area contributed by atoms with Crippen LogP contribution in [0, 0.1) is 0 Å². The van der Waals surface area contributed by atoms with Crippen LogP contribution in [0.2, 0.25) is 0 Å². The Hall–Kier alpha value is -5.03. The zero-order valence-electron chi connectivity index (χ0n) is 26.7. The van der Waals surface area contributed by atoms with Crippen molar-refractivity contribution in [2.24, 2.45) is 0 Å². The molecule has 0 saturated heterocycles. The van der Waals surface area contributed by atoms with Crippen LogP contribution in [0.25, 0.3) is 10.9 Å². The minimum absolute atomic E-state index is 0.00146. The number of hydrogen-bond donors (Lipinski definition) is 6. The van der Waals surface area contributed by atoms with E-state index in [-0.39, 0.29) is 30.9 Å². The summed E-state index contributed by atoms with van der Waals surface area (Å²) in [6, 6.07) is 26.1. The van der Waals surface area contributed by atoms with Crippen molar-refractivity contribution in [1.29, 1.82) is 0 Å². The fraction of sp³-hybridized carbons (Fsp3) is 0.270. The maximum atomic E-state index is 13.2. The third kappa shape index (κ3) is 8.42. The predicted octanol–water partition coefficient (Wildman–Crippen LogP) is 5.15. The molecular formula is C37H41N3O7. The number of nitrogens with one attached hydrogen (secondary N) is 3. The van der Waals surface area contributed by atoms with E-state index in [0.29, 0.717) is 59.2 Å². The summed E-state index contributed by atoms with van der Waals surface area (Å²) < 4.78 is 17.2. The molecule has 0 bridgehead atoms. The molecule has 47 heavy (non-hydrogen) atoms. The Morgan fingerprint density at radius 2 is 1.66 bits per heavy atom. The van der Waals surface area contributed by atoms with Gasteiger partial charge in [0.25, 0.3) is 5.91 Å². The van der Waals surface area contributed by atoms with E-state index in [4.69, 9.17) is 14.2 Å². The van der Waals surface area contributed by atoms with Gasteiger partial charge in [0.05, 0.1) is 39.0 Å². The number of fused-ring (bicyclic) bond motifs is 1. The number of amides is 1. The predicted molar refractivity (Wildman–Crippen MR) is 180 cm³/mol. The molecule has 0 aliphatic heterocycles. The van der Waals surface area contributed by atoms with Gasteiger partial charge >= 0.3 is 0 Å². The molecule has 1 aromatic heterocycles. The molecule has 5 aromatic rings. The molecule has 10 heteroatoms. The van der Waals surface area contributed by atoms with Gasteiger partial charge in [0.2, 0.25) is 0 Å². The number of methoxy groups -OCH3 is 2. The van der Waals surface area contributed by atoms with E-state index in [1.54, 1.807) is 38.5 Å². The number of H-pyrrole nitrogens is 1. The average Bonchev–Trinajstić information content (AvgIpc) is 3.53. The Morgan fingerprint density at radius 3 is 2.36 bits per heavy atom. The van der Waals surface area contributed by atoms with Crippen LogP contribution in [-0.4, -0.2) is 53.0 Å². The van der Waals surface area contributed by atoms with Crippen molar-refractivity contribution in [2.45, 2.75) is 45.2 Å². The number of aromatic nitrogens is 1. The monoisotopic (exact) mass is 639 g/mol. The topological polar surface area (TPSA) is 145 Å². The number of phenols is 1. The second kappa shape index (κ2) is 15.5. The van der Waals surface area contributed by atoms with Gasteiger partial charge < -0.3 is 45.1 Å². The largest absolute Gasteiger partial charge is 0.508 e. The van der Waals surface area contributed by atoms with Gasteiger partial charge in [-0.25, -0.2) is 0 Å². The van der Waals surface area contributed by atoms with Crippen molar-refractivity contribution in [3.63, 3.8) is 0 Å². The average molecular weight is 640 g/mol. The molecule has 6 N–H and O–H groups in total. The Labute approximate surface area is 273 Å². The number of benzene rings is 4. The number of aromatic hydroxyl groups is 1. The van der Waals surface area contributed by atoms with Crippen molar-refractivity contribution >= 4 is 16.8 Å². The van der Waals surface area contributed by atoms with E-state index in [9.17, 15) is 20.1 Å². The second-order valence-corrected chi connectivity index (χ2v) is 11.4. The number of carbonyl (C=O) groups is 1. The van der Waals surface area contributed by atoms with Gasteiger partial charge in [0.15, 0.2) is 0 Å². The van der Waals surface area contributed by atoms with Crippen molar-refractivity contribution in [1.82, 2.24) is 15.6 Å². The molecule has 0 radical (unpaired) electrons. The van der Waals surface area contributed by atoms with E-state index in [0.717, 1.165) is 22.0 Å². The van der Waals surface area contributed by atoms with Gasteiger partial charge in [-0.05, 0) is 60.4 Å². The summed E-state index contributed by atoms with van der Waals surface area (Å²) in [4.78, 5) is 16.4. The van der Waals surface area contributed by atoms with E-state index in [1.807, 2.05) is 61.5 Å². The Bertz CT molecular complexity index is 1780. The molecule has 1 amide bonds. The first kappa shape index (κ1) is 33.3. The highest BCUT2D eigenvalue weighted by Crippen LogP contribution is 2.34. The van der Waals surface area contributed by atoms with Gasteiger partial charge in [-0.2, -0.15) is 0 Å². The number of aromatic amines is 1. The summed E-state index contributed by atoms with van der Waals surface area (Å²) in [6.45, 7) is 2.63. The quantitative estimate of drug-likeness (QED) is 0.0923. The molecule has 246 valence electrons. The first-order valence-corrected chi connectivity index (χ1v) is 15.4. The van der Waals surface area contributed by atoms with E-state index in [2.05, 4.69) is 15.6 Å². The number of carbonyl (C=O) groups excluding carboxylic acids is 1. The Kier molecular flexibility index (Phi) is 11.0. The molecular weight excluding hydrogens is 598 g/mol. The van der Waals surface area contributed by atoms with E-state index < -0.39 is 6.10 Å². The number of rotatable bonds is 15. The number of ether oxygens (including phenoxy) is 3. The maximum Gasteiger partial charge on any atom is 0.268 e. The smallest absolute Gasteiger partial charge is 0.268 e. The summed E-state index contributed by atoms with van der Waals surface area (Å²) >= 11 is 0. The minimum atomic E-state index is -0.789. The third-order valence-corrected chi connectivity index (χ3v) is 8.05. The molecule has 4 aromatic carbocycles. The van der Waals surface area contributed by atoms with Crippen LogP contribution in [0.15, 0.2) is 84.9 Å². The second-order valence-electron chi connectivity index (χ2n) is 11.4. The molecule has 10 nitrogen and oxygen atoms in total. The lowest BCUT2D eigenvalue weighted by Crippen LogP contribution is -2.32.